The van der Waals surface area contributed by atoms with Gasteiger partial charge in [0, 0.05) is 43.1 Å². The normalized spacial score (nSPS) is 13.4. The van der Waals surface area contributed by atoms with Gasteiger partial charge in [-0.2, -0.15) is 0 Å². The lowest BCUT2D eigenvalue weighted by atomic mass is 10.1. The number of halogens is 1. The minimum Gasteiger partial charge on any atom is -0.335 e. The maximum atomic E-state index is 13.4. The average molecular weight is 402 g/mol. The summed E-state index contributed by atoms with van der Waals surface area (Å²) in [6.07, 6.45) is 2.52. The molecule has 0 spiro atoms. The summed E-state index contributed by atoms with van der Waals surface area (Å²) in [6.45, 7) is 2.30. The van der Waals surface area contributed by atoms with Crippen LogP contribution in [0.5, 0.6) is 0 Å². The first-order chi connectivity index (χ1) is 13.4. The van der Waals surface area contributed by atoms with Gasteiger partial charge in [0.1, 0.15) is 11.6 Å². The van der Waals surface area contributed by atoms with E-state index in [0.29, 0.717) is 11.4 Å². The fourth-order valence-electron chi connectivity index (χ4n) is 3.11. The number of Topliss-reactive ketones (excluding diaryl/α,β-unsaturated/α-hetero) is 2. The Hall–Kier alpha value is -2.34. The Balaban J connectivity index is 1.46. The molecule has 1 aromatic heterocycles. The number of benzene rings is 1. The predicted molar refractivity (Wildman–Crippen MR) is 107 cm³/mol. The lowest BCUT2D eigenvalue weighted by Crippen LogP contribution is -2.32. The number of aryl methyl sites for hydroxylation is 1. The molecule has 0 atom stereocenters. The SMILES string of the molecule is Cc1ccc(C(=O)CCC(=O)CCC(=O)N(Cc2cccc(F)c2)C2CC2)s1. The molecule has 0 unspecified atom stereocenters. The number of amides is 1. The minimum atomic E-state index is -0.318. The zero-order valence-corrected chi connectivity index (χ0v) is 16.8. The van der Waals surface area contributed by atoms with E-state index in [0.717, 1.165) is 23.3 Å². The molecule has 148 valence electrons. The van der Waals surface area contributed by atoms with E-state index in [1.165, 1.54) is 23.5 Å². The highest BCUT2D eigenvalue weighted by Gasteiger charge is 2.32. The molecule has 28 heavy (non-hydrogen) atoms. The van der Waals surface area contributed by atoms with E-state index in [4.69, 9.17) is 0 Å². The Morgan fingerprint density at radius 1 is 1.07 bits per heavy atom. The molecule has 4 nitrogen and oxygen atoms in total. The Morgan fingerprint density at radius 2 is 1.82 bits per heavy atom. The van der Waals surface area contributed by atoms with Gasteiger partial charge in [-0.3, -0.25) is 14.4 Å². The van der Waals surface area contributed by atoms with Gasteiger partial charge in [-0.25, -0.2) is 4.39 Å². The van der Waals surface area contributed by atoms with Crippen LogP contribution >= 0.6 is 11.3 Å². The molecule has 1 amide bonds. The number of thiophene rings is 1. The zero-order valence-electron chi connectivity index (χ0n) is 15.9. The molecule has 1 heterocycles. The largest absolute Gasteiger partial charge is 0.335 e. The molecule has 0 radical (unpaired) electrons. The summed E-state index contributed by atoms with van der Waals surface area (Å²) < 4.78 is 13.4. The summed E-state index contributed by atoms with van der Waals surface area (Å²) in [5.41, 5.74) is 0.753. The zero-order chi connectivity index (χ0) is 20.1. The summed E-state index contributed by atoms with van der Waals surface area (Å²) in [6, 6.07) is 10.1. The molecular weight excluding hydrogens is 377 g/mol. The molecule has 2 aromatic rings. The van der Waals surface area contributed by atoms with Crippen molar-refractivity contribution in [3.8, 4) is 0 Å². The number of hydrogen-bond acceptors (Lipinski definition) is 4. The van der Waals surface area contributed by atoms with E-state index in [2.05, 4.69) is 0 Å². The summed E-state index contributed by atoms with van der Waals surface area (Å²) in [4.78, 5) is 40.3. The molecule has 0 aliphatic heterocycles. The van der Waals surface area contributed by atoms with E-state index in [1.807, 2.05) is 13.0 Å². The second-order valence-electron chi connectivity index (χ2n) is 7.25. The summed E-state index contributed by atoms with van der Waals surface area (Å²) in [7, 11) is 0. The van der Waals surface area contributed by atoms with Crippen molar-refractivity contribution in [2.24, 2.45) is 0 Å². The lowest BCUT2D eigenvalue weighted by Gasteiger charge is -2.22. The van der Waals surface area contributed by atoms with Crippen molar-refractivity contribution >= 4 is 28.8 Å². The van der Waals surface area contributed by atoms with Gasteiger partial charge in [0.05, 0.1) is 4.88 Å². The molecule has 1 fully saturated rings. The fourth-order valence-corrected chi connectivity index (χ4v) is 3.95. The van der Waals surface area contributed by atoms with Crippen molar-refractivity contribution in [2.45, 2.75) is 58.0 Å². The van der Waals surface area contributed by atoms with Crippen LogP contribution < -0.4 is 0 Å². The number of nitrogens with zero attached hydrogens (tertiary/aromatic N) is 1. The van der Waals surface area contributed by atoms with Gasteiger partial charge in [-0.15, -0.1) is 11.3 Å². The molecule has 1 aromatic carbocycles. The molecule has 1 saturated carbocycles. The van der Waals surface area contributed by atoms with Crippen LogP contribution in [0.4, 0.5) is 4.39 Å². The lowest BCUT2D eigenvalue weighted by molar-refractivity contribution is -0.134. The third kappa shape index (κ3) is 5.83. The van der Waals surface area contributed by atoms with E-state index in [1.54, 1.807) is 23.1 Å². The molecule has 1 aliphatic carbocycles. The quantitative estimate of drug-likeness (QED) is 0.542. The summed E-state index contributed by atoms with van der Waals surface area (Å²) >= 11 is 1.43. The van der Waals surface area contributed by atoms with Crippen molar-refractivity contribution in [1.29, 1.82) is 0 Å². The van der Waals surface area contributed by atoms with Crippen LogP contribution in [0, 0.1) is 12.7 Å². The van der Waals surface area contributed by atoms with E-state index < -0.39 is 0 Å². The number of ketones is 2. The molecular formula is C22H24FNO3S. The summed E-state index contributed by atoms with van der Waals surface area (Å²) in [5.74, 6) is -0.498. The van der Waals surface area contributed by atoms with Crippen molar-refractivity contribution in [2.75, 3.05) is 0 Å². The van der Waals surface area contributed by atoms with E-state index in [-0.39, 0.29) is 55.0 Å². The third-order valence-electron chi connectivity index (χ3n) is 4.81. The highest BCUT2D eigenvalue weighted by atomic mass is 32.1. The molecule has 0 saturated heterocycles. The monoisotopic (exact) mass is 401 g/mol. The Bertz CT molecular complexity index is 872. The number of hydrogen-bond donors (Lipinski definition) is 0. The van der Waals surface area contributed by atoms with Gasteiger partial charge in [-0.1, -0.05) is 12.1 Å². The van der Waals surface area contributed by atoms with Crippen molar-refractivity contribution in [3.05, 3.63) is 57.5 Å². The number of rotatable bonds is 10. The van der Waals surface area contributed by atoms with Crippen LogP contribution in [0.3, 0.4) is 0 Å². The van der Waals surface area contributed by atoms with Gasteiger partial charge >= 0.3 is 0 Å². The first-order valence-electron chi connectivity index (χ1n) is 9.57. The molecule has 6 heteroatoms. The highest BCUT2D eigenvalue weighted by Crippen LogP contribution is 2.29. The second-order valence-corrected chi connectivity index (χ2v) is 8.54. The summed E-state index contributed by atoms with van der Waals surface area (Å²) in [5, 5.41) is 0. The fraction of sp³-hybridized carbons (Fsp3) is 0.409. The Morgan fingerprint density at radius 3 is 2.46 bits per heavy atom. The van der Waals surface area contributed by atoms with Gasteiger partial charge in [-0.05, 0) is 49.6 Å². The first kappa shape index (κ1) is 20.4. The van der Waals surface area contributed by atoms with E-state index >= 15 is 0 Å². The third-order valence-corrected chi connectivity index (χ3v) is 5.86. The van der Waals surface area contributed by atoms with Crippen LogP contribution in [-0.2, 0) is 16.1 Å². The first-order valence-corrected chi connectivity index (χ1v) is 10.4. The van der Waals surface area contributed by atoms with Gasteiger partial charge in [0.15, 0.2) is 5.78 Å². The highest BCUT2D eigenvalue weighted by molar-refractivity contribution is 7.14. The van der Waals surface area contributed by atoms with Crippen molar-refractivity contribution < 1.29 is 18.8 Å². The van der Waals surface area contributed by atoms with Crippen molar-refractivity contribution in [3.63, 3.8) is 0 Å². The van der Waals surface area contributed by atoms with Crippen molar-refractivity contribution in [1.82, 2.24) is 4.90 Å². The topological polar surface area (TPSA) is 54.5 Å². The van der Waals surface area contributed by atoms with Crippen LogP contribution in [-0.4, -0.2) is 28.4 Å². The second kappa shape index (κ2) is 9.24. The minimum absolute atomic E-state index is 0.0245. The molecule has 1 aliphatic rings. The Kier molecular flexibility index (Phi) is 6.73. The predicted octanol–water partition coefficient (Wildman–Crippen LogP) is 4.70. The molecule has 0 bridgehead atoms. The van der Waals surface area contributed by atoms with Crippen LogP contribution in [0.25, 0.3) is 0 Å². The van der Waals surface area contributed by atoms with Gasteiger partial charge < -0.3 is 4.90 Å². The van der Waals surface area contributed by atoms with Gasteiger partial charge in [0.25, 0.3) is 0 Å². The Labute approximate surface area is 168 Å². The van der Waals surface area contributed by atoms with E-state index in [9.17, 15) is 18.8 Å². The average Bonchev–Trinajstić information content (AvgIpc) is 3.42. The maximum absolute atomic E-state index is 13.4. The smallest absolute Gasteiger partial charge is 0.223 e. The standard InChI is InChI=1S/C22H24FNO3S/c1-15-5-11-21(28-15)20(26)10-8-19(25)9-12-22(27)24(18-6-7-18)14-16-3-2-4-17(23)13-16/h2-5,11,13,18H,6-10,12,14H2,1H3. The molecule has 3 rings (SSSR count). The van der Waals surface area contributed by atoms with Crippen LogP contribution in [0.2, 0.25) is 0 Å². The maximum Gasteiger partial charge on any atom is 0.223 e. The van der Waals surface area contributed by atoms with Crippen LogP contribution in [0.1, 0.15) is 58.6 Å². The number of carbonyl (C=O) groups is 3. The van der Waals surface area contributed by atoms with Gasteiger partial charge in [0.2, 0.25) is 5.91 Å². The molecule has 0 N–H and O–H groups in total. The number of carbonyl (C=O) groups excluding carboxylic acids is 3. The van der Waals surface area contributed by atoms with Crippen LogP contribution in [0.15, 0.2) is 36.4 Å².